The van der Waals surface area contributed by atoms with Crippen molar-refractivity contribution in [2.45, 2.75) is 0 Å². The summed E-state index contributed by atoms with van der Waals surface area (Å²) < 4.78 is 0. The molecular formula is C28H18N12+4. The summed E-state index contributed by atoms with van der Waals surface area (Å²) in [4.78, 5) is 49.5. The van der Waals surface area contributed by atoms with E-state index in [-0.39, 0.29) is 0 Å². The first kappa shape index (κ1) is 21.0. The minimum atomic E-state index is 0.483. The number of H-pyrrole nitrogens is 6. The van der Waals surface area contributed by atoms with Gasteiger partial charge in [-0.1, -0.05) is 0 Å². The number of fused-ring (bicyclic) bond motifs is 20. The van der Waals surface area contributed by atoms with Crippen LogP contribution in [0.2, 0.25) is 0 Å². The molecule has 0 fully saturated rings. The van der Waals surface area contributed by atoms with Gasteiger partial charge in [0.15, 0.2) is 42.1 Å². The number of rotatable bonds is 0. The normalized spacial score (nSPS) is 12.0. The molecule has 9 rings (SSSR count). The molecule has 6 N–H and O–H groups in total. The Bertz CT molecular complexity index is 2100. The Labute approximate surface area is 224 Å². The SMILES string of the molecule is c1c[nH+]c2c(c1)-c1nc-2nc2nc(nc3[nH]c([nH]c4nc(n1)-c1[nH+]cccc1-4)c1[nH+]cccc31)-c1[nH+]cccc1-2. The molecule has 0 atom stereocenters. The van der Waals surface area contributed by atoms with Crippen LogP contribution in [0.1, 0.15) is 0 Å². The van der Waals surface area contributed by atoms with Gasteiger partial charge in [0.2, 0.25) is 17.5 Å². The van der Waals surface area contributed by atoms with E-state index in [0.717, 1.165) is 50.3 Å². The van der Waals surface area contributed by atoms with E-state index in [0.29, 0.717) is 40.6 Å². The van der Waals surface area contributed by atoms with Crippen LogP contribution in [-0.4, -0.2) is 39.9 Å². The second-order valence-corrected chi connectivity index (χ2v) is 9.45. The van der Waals surface area contributed by atoms with E-state index in [2.05, 4.69) is 29.9 Å². The summed E-state index contributed by atoms with van der Waals surface area (Å²) in [6, 6.07) is 15.6. The maximum Gasteiger partial charge on any atom is 0.259 e. The van der Waals surface area contributed by atoms with Gasteiger partial charge in [-0.2, -0.15) is 0 Å². The van der Waals surface area contributed by atoms with Crippen molar-refractivity contribution in [3.63, 3.8) is 0 Å². The van der Waals surface area contributed by atoms with E-state index < -0.39 is 0 Å². The number of nitrogens with one attached hydrogen (secondary N) is 6. The summed E-state index contributed by atoms with van der Waals surface area (Å²) in [5, 5.41) is 0.898. The van der Waals surface area contributed by atoms with Crippen LogP contribution in [-0.2, 0) is 0 Å². The number of hydrogen-bond acceptors (Lipinski definition) is 6. The van der Waals surface area contributed by atoms with Crippen LogP contribution in [0, 0.1) is 0 Å². The van der Waals surface area contributed by atoms with Crippen molar-refractivity contribution in [1.29, 1.82) is 0 Å². The molecule has 0 amide bonds. The van der Waals surface area contributed by atoms with Crippen molar-refractivity contribution in [3.05, 3.63) is 73.3 Å². The first-order valence-electron chi connectivity index (χ1n) is 12.7. The van der Waals surface area contributed by atoms with Gasteiger partial charge < -0.3 is 9.97 Å². The van der Waals surface area contributed by atoms with Crippen LogP contribution in [0.15, 0.2) is 73.3 Å². The molecule has 8 bridgehead atoms. The molecular weight excluding hydrogens is 504 g/mol. The van der Waals surface area contributed by atoms with Crippen LogP contribution in [0.3, 0.4) is 0 Å². The molecule has 186 valence electrons. The predicted octanol–water partition coefficient (Wildman–Crippen LogP) is 2.03. The molecule has 6 aromatic rings. The van der Waals surface area contributed by atoms with E-state index in [4.69, 9.17) is 29.9 Å². The fourth-order valence-corrected chi connectivity index (χ4v) is 5.30. The summed E-state index contributed by atoms with van der Waals surface area (Å²) in [5.41, 5.74) is 7.08. The fourth-order valence-electron chi connectivity index (χ4n) is 5.30. The summed E-state index contributed by atoms with van der Waals surface area (Å²) in [6.07, 6.45) is 7.43. The van der Waals surface area contributed by atoms with Gasteiger partial charge in [0.25, 0.3) is 22.6 Å². The van der Waals surface area contributed by atoms with Gasteiger partial charge in [-0.25, -0.2) is 49.8 Å². The Balaban J connectivity index is 1.48. The number of nitrogens with zero attached hydrogens (tertiary/aromatic N) is 6. The predicted molar refractivity (Wildman–Crippen MR) is 141 cm³/mol. The molecule has 12 nitrogen and oxygen atoms in total. The van der Waals surface area contributed by atoms with Crippen LogP contribution >= 0.6 is 0 Å². The highest BCUT2D eigenvalue weighted by atomic mass is 15.1. The zero-order chi connectivity index (χ0) is 26.2. The van der Waals surface area contributed by atoms with Gasteiger partial charge >= 0.3 is 0 Å². The number of aromatic nitrogens is 12. The van der Waals surface area contributed by atoms with Crippen LogP contribution in [0.25, 0.3) is 90.9 Å². The first-order valence-corrected chi connectivity index (χ1v) is 12.7. The van der Waals surface area contributed by atoms with E-state index in [9.17, 15) is 0 Å². The lowest BCUT2D eigenvalue weighted by atomic mass is 10.2. The molecule has 0 spiro atoms. The Morgan fingerprint density at radius 1 is 0.475 bits per heavy atom. The summed E-state index contributed by atoms with van der Waals surface area (Å²) >= 11 is 0. The Morgan fingerprint density at radius 3 is 1.68 bits per heavy atom. The van der Waals surface area contributed by atoms with Gasteiger partial charge in [-0.05, 0) is 24.3 Å². The van der Waals surface area contributed by atoms with Gasteiger partial charge in [0, 0.05) is 24.3 Å². The molecule has 0 unspecified atom stereocenters. The monoisotopic (exact) mass is 522 g/mol. The minimum Gasteiger partial charge on any atom is -0.320 e. The molecule has 0 saturated carbocycles. The highest BCUT2D eigenvalue weighted by molar-refractivity contribution is 6.00. The van der Waals surface area contributed by atoms with Crippen LogP contribution in [0.5, 0.6) is 0 Å². The number of pyridine rings is 4. The second kappa shape index (κ2) is 7.74. The van der Waals surface area contributed by atoms with E-state index in [1.165, 1.54) is 0 Å². The van der Waals surface area contributed by atoms with E-state index in [1.807, 2.05) is 73.3 Å². The third-order valence-electron chi connectivity index (χ3n) is 7.11. The standard InChI is InChI=1S/C28H14N12/c1-5-13-17(29-9-1)25-33-21(13)37-26-18-14(6-2-10-30-18)23(34-26)39-28-20-16(8-4-12-32-20)24(36-28)40-27-19-15(7-3-11-31-19)22(35-27)38-25/h1-12H,(H2,33,34,35,36,37,38,39,40)/p+4. The average Bonchev–Trinajstić information content (AvgIpc) is 3.73. The van der Waals surface area contributed by atoms with Gasteiger partial charge in [0.05, 0.1) is 22.1 Å². The van der Waals surface area contributed by atoms with E-state index >= 15 is 0 Å². The number of aromatic amines is 6. The highest BCUT2D eigenvalue weighted by Gasteiger charge is 2.31. The first-order chi connectivity index (χ1) is 19.8. The molecule has 40 heavy (non-hydrogen) atoms. The zero-order valence-electron chi connectivity index (χ0n) is 20.6. The lowest BCUT2D eigenvalue weighted by Gasteiger charge is -1.92. The molecule has 0 aromatic carbocycles. The lowest BCUT2D eigenvalue weighted by Crippen LogP contribution is -2.06. The Hall–Kier alpha value is -6.04. The van der Waals surface area contributed by atoms with Crippen molar-refractivity contribution in [2.24, 2.45) is 0 Å². The molecule has 0 aliphatic carbocycles. The topological polar surface area (TPSA) is 165 Å². The summed E-state index contributed by atoms with van der Waals surface area (Å²) in [5.74, 6) is 3.17. The summed E-state index contributed by atoms with van der Waals surface area (Å²) in [7, 11) is 0. The molecule has 6 aromatic heterocycles. The maximum absolute atomic E-state index is 4.96. The smallest absolute Gasteiger partial charge is 0.259 e. The zero-order valence-corrected chi connectivity index (χ0v) is 20.6. The highest BCUT2D eigenvalue weighted by Crippen LogP contribution is 2.35. The van der Waals surface area contributed by atoms with Crippen molar-refractivity contribution in [3.8, 4) is 68.7 Å². The quantitative estimate of drug-likeness (QED) is 0.309. The van der Waals surface area contributed by atoms with Gasteiger partial charge in [-0.3, -0.25) is 0 Å². The minimum absolute atomic E-state index is 0.483. The van der Waals surface area contributed by atoms with E-state index in [1.54, 1.807) is 0 Å². The van der Waals surface area contributed by atoms with Crippen molar-refractivity contribution in [2.75, 3.05) is 0 Å². The maximum atomic E-state index is 4.96. The molecule has 3 aliphatic rings. The average molecular weight is 523 g/mol. The van der Waals surface area contributed by atoms with Crippen LogP contribution in [0.4, 0.5) is 0 Å². The van der Waals surface area contributed by atoms with Crippen molar-refractivity contribution >= 4 is 22.2 Å². The van der Waals surface area contributed by atoms with Crippen molar-refractivity contribution in [1.82, 2.24) is 39.9 Å². The van der Waals surface area contributed by atoms with Gasteiger partial charge in [-0.15, -0.1) is 0 Å². The van der Waals surface area contributed by atoms with Crippen LogP contribution < -0.4 is 19.9 Å². The van der Waals surface area contributed by atoms with Crippen molar-refractivity contribution < 1.29 is 19.9 Å². The molecule has 0 saturated heterocycles. The fraction of sp³-hybridized carbons (Fsp3) is 0. The Kier molecular flexibility index (Phi) is 4.05. The Morgan fingerprint density at radius 2 is 1.00 bits per heavy atom. The lowest BCUT2D eigenvalue weighted by molar-refractivity contribution is -0.364. The largest absolute Gasteiger partial charge is 0.320 e. The second-order valence-electron chi connectivity index (χ2n) is 9.45. The molecule has 0 radical (unpaired) electrons. The molecule has 9 heterocycles. The molecule has 12 heteroatoms. The number of hydrogen-bond donors (Lipinski definition) is 2. The third-order valence-corrected chi connectivity index (χ3v) is 7.11. The molecule has 3 aliphatic heterocycles. The van der Waals surface area contributed by atoms with Gasteiger partial charge in [0.1, 0.15) is 11.5 Å². The third kappa shape index (κ3) is 2.95. The summed E-state index contributed by atoms with van der Waals surface area (Å²) in [6.45, 7) is 0.